The lowest BCUT2D eigenvalue weighted by Gasteiger charge is -2.13. The Hall–Kier alpha value is -3.55. The molecule has 1 aliphatic heterocycles. The van der Waals surface area contributed by atoms with E-state index in [1.54, 1.807) is 31.3 Å². The average Bonchev–Trinajstić information content (AvgIpc) is 3.12. The van der Waals surface area contributed by atoms with E-state index in [2.05, 4.69) is 10.1 Å². The number of fused-ring (bicyclic) bond motifs is 2. The van der Waals surface area contributed by atoms with Gasteiger partial charge in [-0.1, -0.05) is 17.2 Å². The number of nitrogens with zero attached hydrogens (tertiary/aromatic N) is 4. The van der Waals surface area contributed by atoms with Gasteiger partial charge in [0, 0.05) is 12.3 Å². The molecule has 0 atom stereocenters. The van der Waals surface area contributed by atoms with Crippen molar-refractivity contribution in [3.8, 4) is 0 Å². The molecule has 3 aromatic rings. The summed E-state index contributed by atoms with van der Waals surface area (Å²) in [6.45, 7) is 1.63. The third-order valence-electron chi connectivity index (χ3n) is 3.72. The number of aromatic nitrogens is 3. The van der Waals surface area contributed by atoms with Crippen molar-refractivity contribution in [3.05, 3.63) is 65.1 Å². The summed E-state index contributed by atoms with van der Waals surface area (Å²) in [5.41, 5.74) is 1.50. The van der Waals surface area contributed by atoms with Gasteiger partial charge in [0.1, 0.15) is 5.56 Å². The van der Waals surface area contributed by atoms with Crippen LogP contribution in [0.5, 0.6) is 0 Å². The second-order valence-electron chi connectivity index (χ2n) is 5.20. The van der Waals surface area contributed by atoms with Crippen LogP contribution >= 0.6 is 0 Å². The molecule has 8 heteroatoms. The molecule has 2 aromatic heterocycles. The maximum Gasteiger partial charge on any atom is 0.367 e. The highest BCUT2D eigenvalue weighted by Gasteiger charge is 2.39. The van der Waals surface area contributed by atoms with E-state index in [0.717, 1.165) is 0 Å². The van der Waals surface area contributed by atoms with E-state index in [0.29, 0.717) is 16.4 Å². The standard InChI is InChI=1S/C16H10N4O4/c1-9-12(8-19-13(18-9)6-7-17-19)16(23)24-20-14(21)10-4-2-3-5-11(10)15(20)22/h2-8H,1H3. The van der Waals surface area contributed by atoms with Gasteiger partial charge < -0.3 is 4.84 Å². The van der Waals surface area contributed by atoms with Crippen LogP contribution in [0.2, 0.25) is 0 Å². The molecule has 1 aliphatic rings. The van der Waals surface area contributed by atoms with Crippen molar-refractivity contribution in [1.29, 1.82) is 0 Å². The van der Waals surface area contributed by atoms with Gasteiger partial charge in [0.15, 0.2) is 5.65 Å². The van der Waals surface area contributed by atoms with Crippen LogP contribution in [0.1, 0.15) is 36.8 Å². The number of hydroxylamine groups is 2. The van der Waals surface area contributed by atoms with Crippen molar-refractivity contribution in [2.75, 3.05) is 0 Å². The number of benzene rings is 1. The summed E-state index contributed by atoms with van der Waals surface area (Å²) in [7, 11) is 0. The van der Waals surface area contributed by atoms with E-state index in [-0.39, 0.29) is 16.7 Å². The molecule has 118 valence electrons. The molecule has 2 amide bonds. The second-order valence-corrected chi connectivity index (χ2v) is 5.20. The fraction of sp³-hybridized carbons (Fsp3) is 0.0625. The molecule has 8 nitrogen and oxygen atoms in total. The van der Waals surface area contributed by atoms with Crippen molar-refractivity contribution in [2.24, 2.45) is 0 Å². The number of amides is 2. The number of hydrogen-bond donors (Lipinski definition) is 0. The maximum absolute atomic E-state index is 12.4. The maximum atomic E-state index is 12.4. The van der Waals surface area contributed by atoms with E-state index in [9.17, 15) is 14.4 Å². The highest BCUT2D eigenvalue weighted by atomic mass is 16.7. The van der Waals surface area contributed by atoms with Crippen molar-refractivity contribution in [2.45, 2.75) is 6.92 Å². The van der Waals surface area contributed by atoms with Crippen LogP contribution in [0, 0.1) is 6.92 Å². The van der Waals surface area contributed by atoms with Crippen molar-refractivity contribution >= 4 is 23.4 Å². The predicted octanol–water partition coefficient (Wildman–Crippen LogP) is 1.41. The first-order chi connectivity index (χ1) is 11.6. The lowest BCUT2D eigenvalue weighted by atomic mass is 10.1. The van der Waals surface area contributed by atoms with Gasteiger partial charge in [0.25, 0.3) is 11.8 Å². The quantitative estimate of drug-likeness (QED) is 0.662. The molecule has 0 N–H and O–H groups in total. The zero-order valence-corrected chi connectivity index (χ0v) is 12.5. The Kier molecular flexibility index (Phi) is 2.92. The lowest BCUT2D eigenvalue weighted by molar-refractivity contribution is -0.0585. The van der Waals surface area contributed by atoms with Gasteiger partial charge in [-0.2, -0.15) is 5.10 Å². The SMILES string of the molecule is Cc1nc2ccnn2cc1C(=O)ON1C(=O)c2ccccc2C1=O. The molecule has 3 heterocycles. The first-order valence-electron chi connectivity index (χ1n) is 7.07. The molecule has 0 spiro atoms. The zero-order chi connectivity index (χ0) is 16.8. The van der Waals surface area contributed by atoms with E-state index in [1.807, 2.05) is 0 Å². The molecule has 0 bridgehead atoms. The molecule has 0 fully saturated rings. The molecule has 0 saturated carbocycles. The van der Waals surface area contributed by atoms with Crippen LogP contribution in [0.25, 0.3) is 5.65 Å². The Labute approximate surface area is 135 Å². The summed E-state index contributed by atoms with van der Waals surface area (Å²) < 4.78 is 1.41. The molecule has 0 saturated heterocycles. The molecule has 0 unspecified atom stereocenters. The summed E-state index contributed by atoms with van der Waals surface area (Å²) in [5.74, 6) is -2.20. The minimum atomic E-state index is -0.855. The van der Waals surface area contributed by atoms with E-state index in [4.69, 9.17) is 4.84 Å². The lowest BCUT2D eigenvalue weighted by Crippen LogP contribution is -2.33. The largest absolute Gasteiger partial charge is 0.367 e. The summed E-state index contributed by atoms with van der Waals surface area (Å²) in [4.78, 5) is 46.1. The summed E-state index contributed by atoms with van der Waals surface area (Å²) in [6, 6.07) is 7.97. The Morgan fingerprint density at radius 1 is 1.08 bits per heavy atom. The number of hydrogen-bond acceptors (Lipinski definition) is 6. The summed E-state index contributed by atoms with van der Waals surface area (Å²) in [5, 5.41) is 4.47. The number of carbonyl (C=O) groups is 3. The second kappa shape index (κ2) is 4.98. The Morgan fingerprint density at radius 2 is 1.75 bits per heavy atom. The number of carbonyl (C=O) groups excluding carboxylic acids is 3. The minimum absolute atomic E-state index is 0.114. The third kappa shape index (κ3) is 1.97. The van der Waals surface area contributed by atoms with Gasteiger partial charge >= 0.3 is 5.97 Å². The topological polar surface area (TPSA) is 93.9 Å². The smallest absolute Gasteiger partial charge is 0.324 e. The van der Waals surface area contributed by atoms with Crippen LogP contribution < -0.4 is 0 Å². The average molecular weight is 322 g/mol. The molecular formula is C16H10N4O4. The van der Waals surface area contributed by atoms with Crippen molar-refractivity contribution in [1.82, 2.24) is 19.7 Å². The van der Waals surface area contributed by atoms with Crippen molar-refractivity contribution < 1.29 is 19.2 Å². The van der Waals surface area contributed by atoms with Gasteiger partial charge in [-0.05, 0) is 19.1 Å². The van der Waals surface area contributed by atoms with E-state index in [1.165, 1.54) is 22.8 Å². The number of rotatable bonds is 2. The number of aryl methyl sites for hydroxylation is 1. The fourth-order valence-electron chi connectivity index (χ4n) is 2.53. The summed E-state index contributed by atoms with van der Waals surface area (Å²) in [6.07, 6.45) is 2.99. The highest BCUT2D eigenvalue weighted by Crippen LogP contribution is 2.23. The first-order valence-corrected chi connectivity index (χ1v) is 7.07. The molecule has 4 rings (SSSR count). The highest BCUT2D eigenvalue weighted by molar-refractivity contribution is 6.21. The van der Waals surface area contributed by atoms with Crippen molar-refractivity contribution in [3.63, 3.8) is 0 Å². The third-order valence-corrected chi connectivity index (χ3v) is 3.72. The Morgan fingerprint density at radius 3 is 2.42 bits per heavy atom. The number of imide groups is 1. The van der Waals surface area contributed by atoms with Crippen LogP contribution in [0.15, 0.2) is 42.7 Å². The predicted molar refractivity (Wildman–Crippen MR) is 80.1 cm³/mol. The van der Waals surface area contributed by atoms with Gasteiger partial charge in [-0.25, -0.2) is 14.3 Å². The molecule has 24 heavy (non-hydrogen) atoms. The van der Waals surface area contributed by atoms with Crippen LogP contribution in [-0.4, -0.2) is 37.4 Å². The Bertz CT molecular complexity index is 989. The normalized spacial score (nSPS) is 13.5. The Balaban J connectivity index is 1.66. The van der Waals surface area contributed by atoms with Crippen LogP contribution in [-0.2, 0) is 4.84 Å². The summed E-state index contributed by atoms with van der Waals surface area (Å²) >= 11 is 0. The zero-order valence-electron chi connectivity index (χ0n) is 12.5. The van der Waals surface area contributed by atoms with Crippen LogP contribution in [0.3, 0.4) is 0 Å². The molecule has 1 aromatic carbocycles. The van der Waals surface area contributed by atoms with Gasteiger partial charge in [0.2, 0.25) is 0 Å². The first kappa shape index (κ1) is 14.1. The van der Waals surface area contributed by atoms with E-state index < -0.39 is 17.8 Å². The van der Waals surface area contributed by atoms with E-state index >= 15 is 0 Å². The molecular weight excluding hydrogens is 312 g/mol. The minimum Gasteiger partial charge on any atom is -0.324 e. The molecule has 0 aliphatic carbocycles. The van der Waals surface area contributed by atoms with Gasteiger partial charge in [-0.15, -0.1) is 0 Å². The monoisotopic (exact) mass is 322 g/mol. The van der Waals surface area contributed by atoms with Gasteiger partial charge in [0.05, 0.1) is 23.0 Å². The van der Waals surface area contributed by atoms with Gasteiger partial charge in [-0.3, -0.25) is 9.59 Å². The fourth-order valence-corrected chi connectivity index (χ4v) is 2.53. The molecule has 0 radical (unpaired) electrons. The van der Waals surface area contributed by atoms with Crippen LogP contribution in [0.4, 0.5) is 0 Å².